The van der Waals surface area contributed by atoms with Gasteiger partial charge in [-0.05, 0) is 23.1 Å². The van der Waals surface area contributed by atoms with Crippen LogP contribution in [0.3, 0.4) is 0 Å². The molecule has 3 rings (SSSR count). The number of benzene rings is 1. The third kappa shape index (κ3) is 5.03. The van der Waals surface area contributed by atoms with Crippen LogP contribution >= 0.6 is 11.3 Å². The Balaban J connectivity index is 1.64. The largest absolute Gasteiger partial charge is 0.328 e. The van der Waals surface area contributed by atoms with Crippen molar-refractivity contribution in [3.63, 3.8) is 0 Å². The van der Waals surface area contributed by atoms with Crippen molar-refractivity contribution in [2.24, 2.45) is 0 Å². The topological polar surface area (TPSA) is 53.9 Å². The molecular weight excluding hydrogens is 346 g/mol. The molecule has 0 aliphatic carbocycles. The lowest BCUT2D eigenvalue weighted by atomic mass is 10.1. The monoisotopic (exact) mass is 370 g/mol. The number of amides is 2. The first-order valence-electron chi connectivity index (χ1n) is 8.81. The third-order valence-electron chi connectivity index (χ3n) is 4.41. The highest BCUT2D eigenvalue weighted by Crippen LogP contribution is 2.09. The highest BCUT2D eigenvalue weighted by Gasteiger charge is 2.26. The van der Waals surface area contributed by atoms with E-state index in [4.69, 9.17) is 0 Å². The van der Waals surface area contributed by atoms with Crippen molar-refractivity contribution < 1.29 is 14.5 Å². The van der Waals surface area contributed by atoms with Crippen LogP contribution in [0, 0.1) is 0 Å². The summed E-state index contributed by atoms with van der Waals surface area (Å²) in [5.74, 6) is -0.346. The number of rotatable bonds is 5. The van der Waals surface area contributed by atoms with E-state index in [-0.39, 0.29) is 11.8 Å². The Bertz CT molecular complexity index is 764. The second-order valence-electron chi connectivity index (χ2n) is 6.45. The molecule has 0 radical (unpaired) electrons. The van der Waals surface area contributed by atoms with Crippen LogP contribution in [-0.4, -0.2) is 42.9 Å². The molecule has 0 spiro atoms. The van der Waals surface area contributed by atoms with Crippen LogP contribution in [0.15, 0.2) is 53.5 Å². The molecule has 2 amide bonds. The van der Waals surface area contributed by atoms with E-state index >= 15 is 0 Å². The van der Waals surface area contributed by atoms with Crippen molar-refractivity contribution in [2.75, 3.05) is 26.2 Å². The van der Waals surface area contributed by atoms with Gasteiger partial charge < -0.3 is 15.1 Å². The van der Waals surface area contributed by atoms with Gasteiger partial charge in [-0.1, -0.05) is 36.4 Å². The predicted octanol–water partition coefficient (Wildman–Crippen LogP) is 1.15. The van der Waals surface area contributed by atoms with E-state index in [1.54, 1.807) is 17.4 Å². The first kappa shape index (κ1) is 18.4. The molecule has 1 saturated heterocycles. The molecule has 0 atom stereocenters. The third-order valence-corrected chi connectivity index (χ3v) is 5.29. The van der Waals surface area contributed by atoms with Crippen LogP contribution < -0.4 is 10.2 Å². The number of carbonyl (C=O) groups excluding carboxylic acids is 2. The van der Waals surface area contributed by atoms with Crippen LogP contribution in [0.4, 0.5) is 0 Å². The summed E-state index contributed by atoms with van der Waals surface area (Å²) in [6.07, 6.45) is 1.74. The quantitative estimate of drug-likeness (QED) is 0.776. The maximum atomic E-state index is 12.9. The summed E-state index contributed by atoms with van der Waals surface area (Å²) in [5, 5.41) is 4.80. The standard InChI is InChI=1S/C20H23N3O2S/c1-16(24)21-19(14-17-6-3-2-4-7-17)20(25)23-11-9-22(10-12-23)15-18-8-5-13-26-18/h2-8,13-14H,9-12,15H2,1H3,(H,21,24)/p+1/b19-14-. The molecule has 1 aliphatic heterocycles. The minimum atomic E-state index is -0.234. The number of nitrogens with zero attached hydrogens (tertiary/aromatic N) is 1. The van der Waals surface area contributed by atoms with Crippen LogP contribution in [0.2, 0.25) is 0 Å². The van der Waals surface area contributed by atoms with Crippen molar-refractivity contribution in [1.82, 2.24) is 10.2 Å². The van der Waals surface area contributed by atoms with Gasteiger partial charge in [0, 0.05) is 6.92 Å². The zero-order valence-electron chi connectivity index (χ0n) is 14.9. The molecular formula is C20H24N3O2S+. The first-order chi connectivity index (χ1) is 12.6. The van der Waals surface area contributed by atoms with Crippen LogP contribution in [-0.2, 0) is 16.1 Å². The summed E-state index contributed by atoms with van der Waals surface area (Å²) >= 11 is 1.78. The number of carbonyl (C=O) groups is 2. The lowest BCUT2D eigenvalue weighted by Gasteiger charge is -2.32. The minimum Gasteiger partial charge on any atom is -0.328 e. The van der Waals surface area contributed by atoms with Gasteiger partial charge in [0.25, 0.3) is 5.91 Å². The van der Waals surface area contributed by atoms with Gasteiger partial charge in [0.05, 0.1) is 31.1 Å². The molecule has 1 aliphatic rings. The fourth-order valence-electron chi connectivity index (χ4n) is 3.09. The van der Waals surface area contributed by atoms with Crippen LogP contribution in [0.5, 0.6) is 0 Å². The van der Waals surface area contributed by atoms with Crippen molar-refractivity contribution in [1.29, 1.82) is 0 Å². The number of piperazine rings is 1. The number of quaternary nitrogens is 1. The molecule has 136 valence electrons. The average molecular weight is 370 g/mol. The molecule has 2 N–H and O–H groups in total. The van der Waals surface area contributed by atoms with Gasteiger partial charge in [-0.15, -0.1) is 11.3 Å². The predicted molar refractivity (Wildman–Crippen MR) is 104 cm³/mol. The van der Waals surface area contributed by atoms with Gasteiger partial charge in [0.2, 0.25) is 5.91 Å². The van der Waals surface area contributed by atoms with E-state index in [2.05, 4.69) is 22.8 Å². The van der Waals surface area contributed by atoms with E-state index in [9.17, 15) is 9.59 Å². The van der Waals surface area contributed by atoms with Gasteiger partial charge in [-0.25, -0.2) is 0 Å². The number of thiophene rings is 1. The molecule has 2 heterocycles. The number of hydrogen-bond donors (Lipinski definition) is 2. The summed E-state index contributed by atoms with van der Waals surface area (Å²) in [7, 11) is 0. The summed E-state index contributed by atoms with van der Waals surface area (Å²) in [6.45, 7) is 5.68. The van der Waals surface area contributed by atoms with Gasteiger partial charge in [-0.2, -0.15) is 0 Å². The van der Waals surface area contributed by atoms with Crippen molar-refractivity contribution in [2.45, 2.75) is 13.5 Å². The van der Waals surface area contributed by atoms with Crippen LogP contribution in [0.25, 0.3) is 6.08 Å². The summed E-state index contributed by atoms with van der Waals surface area (Å²) in [6, 6.07) is 13.8. The molecule has 2 aromatic rings. The molecule has 0 saturated carbocycles. The van der Waals surface area contributed by atoms with E-state index in [0.29, 0.717) is 18.8 Å². The maximum Gasteiger partial charge on any atom is 0.270 e. The number of nitrogens with one attached hydrogen (secondary N) is 2. The second kappa shape index (κ2) is 8.78. The van der Waals surface area contributed by atoms with E-state index < -0.39 is 0 Å². The highest BCUT2D eigenvalue weighted by atomic mass is 32.1. The maximum absolute atomic E-state index is 12.9. The first-order valence-corrected chi connectivity index (χ1v) is 9.69. The average Bonchev–Trinajstić information content (AvgIpc) is 3.15. The SMILES string of the molecule is CC(=O)N/C(=C\c1ccccc1)C(=O)N1CC[NH+](Cc2cccs2)CC1. The highest BCUT2D eigenvalue weighted by molar-refractivity contribution is 7.09. The summed E-state index contributed by atoms with van der Waals surface area (Å²) in [5.41, 5.74) is 1.23. The fraction of sp³-hybridized carbons (Fsp3) is 0.300. The number of hydrogen-bond acceptors (Lipinski definition) is 3. The Kier molecular flexibility index (Phi) is 6.20. The van der Waals surface area contributed by atoms with E-state index in [0.717, 1.165) is 25.2 Å². The van der Waals surface area contributed by atoms with Crippen molar-refractivity contribution >= 4 is 29.2 Å². The van der Waals surface area contributed by atoms with E-state index in [1.165, 1.54) is 16.7 Å². The Morgan fingerprint density at radius 1 is 1.15 bits per heavy atom. The van der Waals surface area contributed by atoms with E-state index in [1.807, 2.05) is 35.2 Å². The molecule has 0 bridgehead atoms. The lowest BCUT2D eigenvalue weighted by molar-refractivity contribution is -0.917. The molecule has 0 unspecified atom stereocenters. The van der Waals surface area contributed by atoms with Crippen molar-refractivity contribution in [3.05, 3.63) is 64.0 Å². The normalized spacial score (nSPS) is 15.7. The second-order valence-corrected chi connectivity index (χ2v) is 7.48. The zero-order valence-corrected chi connectivity index (χ0v) is 15.7. The van der Waals surface area contributed by atoms with Gasteiger partial charge in [0.1, 0.15) is 12.2 Å². The molecule has 1 aromatic carbocycles. The fourth-order valence-corrected chi connectivity index (χ4v) is 3.87. The molecule has 1 fully saturated rings. The van der Waals surface area contributed by atoms with Gasteiger partial charge >= 0.3 is 0 Å². The Hall–Kier alpha value is -2.44. The molecule has 6 heteroatoms. The molecule has 26 heavy (non-hydrogen) atoms. The minimum absolute atomic E-state index is 0.112. The van der Waals surface area contributed by atoms with Gasteiger partial charge in [0.15, 0.2) is 0 Å². The Labute approximate surface area is 157 Å². The smallest absolute Gasteiger partial charge is 0.270 e. The van der Waals surface area contributed by atoms with Crippen molar-refractivity contribution in [3.8, 4) is 0 Å². The van der Waals surface area contributed by atoms with Crippen LogP contribution in [0.1, 0.15) is 17.4 Å². The molecule has 1 aromatic heterocycles. The van der Waals surface area contributed by atoms with Gasteiger partial charge in [-0.3, -0.25) is 9.59 Å². The Morgan fingerprint density at radius 2 is 1.88 bits per heavy atom. The lowest BCUT2D eigenvalue weighted by Crippen LogP contribution is -3.13. The molecule has 5 nitrogen and oxygen atoms in total. The summed E-state index contributed by atoms with van der Waals surface area (Å²) in [4.78, 5) is 29.1. The Morgan fingerprint density at radius 3 is 2.50 bits per heavy atom. The zero-order chi connectivity index (χ0) is 18.4. The summed E-state index contributed by atoms with van der Waals surface area (Å²) < 4.78 is 0.